The molecular formula is C13H12O7. The van der Waals surface area contributed by atoms with Crippen LogP contribution in [0.15, 0.2) is 12.1 Å². The van der Waals surface area contributed by atoms with Crippen LogP contribution < -0.4 is 14.2 Å². The molecule has 0 saturated heterocycles. The Bertz CT molecular complexity index is 574. The highest BCUT2D eigenvalue weighted by Gasteiger charge is 2.17. The standard InChI is InChI=1S/C13H12O7/c1-7(15)18-11-5-13(20-9(3)17)12(19-8(2)16)4-10(11)6-14/h4-6H,1-3H3. The molecular weight excluding hydrogens is 268 g/mol. The first-order valence-electron chi connectivity index (χ1n) is 5.52. The third kappa shape index (κ3) is 4.20. The van der Waals surface area contributed by atoms with E-state index in [0.717, 1.165) is 32.9 Å². The topological polar surface area (TPSA) is 96.0 Å². The lowest BCUT2D eigenvalue weighted by Gasteiger charge is -2.12. The fraction of sp³-hybridized carbons (Fsp3) is 0.231. The van der Waals surface area contributed by atoms with Crippen molar-refractivity contribution in [2.75, 3.05) is 0 Å². The summed E-state index contributed by atoms with van der Waals surface area (Å²) in [5.74, 6) is -2.32. The van der Waals surface area contributed by atoms with Gasteiger partial charge in [-0.2, -0.15) is 0 Å². The zero-order valence-electron chi connectivity index (χ0n) is 11.1. The van der Waals surface area contributed by atoms with E-state index in [2.05, 4.69) is 0 Å². The summed E-state index contributed by atoms with van der Waals surface area (Å²) in [7, 11) is 0. The molecule has 0 spiro atoms. The summed E-state index contributed by atoms with van der Waals surface area (Å²) in [5.41, 5.74) is -0.0210. The van der Waals surface area contributed by atoms with Crippen molar-refractivity contribution in [3.8, 4) is 17.2 Å². The largest absolute Gasteiger partial charge is 0.426 e. The van der Waals surface area contributed by atoms with Crippen molar-refractivity contribution in [2.24, 2.45) is 0 Å². The van der Waals surface area contributed by atoms with E-state index >= 15 is 0 Å². The Morgan fingerprint density at radius 2 is 1.20 bits per heavy atom. The number of hydrogen-bond acceptors (Lipinski definition) is 7. The molecule has 1 aromatic rings. The van der Waals surface area contributed by atoms with Crippen LogP contribution in [0.25, 0.3) is 0 Å². The van der Waals surface area contributed by atoms with Gasteiger partial charge in [-0.05, 0) is 6.07 Å². The Balaban J connectivity index is 3.34. The minimum Gasteiger partial charge on any atom is -0.426 e. The van der Waals surface area contributed by atoms with Gasteiger partial charge in [0.1, 0.15) is 5.75 Å². The Kier molecular flexibility index (Phi) is 4.96. The molecule has 0 unspecified atom stereocenters. The van der Waals surface area contributed by atoms with Crippen LogP contribution in [0.1, 0.15) is 31.1 Å². The molecule has 0 fully saturated rings. The van der Waals surface area contributed by atoms with E-state index in [-0.39, 0.29) is 22.8 Å². The second kappa shape index (κ2) is 6.46. The lowest BCUT2D eigenvalue weighted by Crippen LogP contribution is -2.09. The van der Waals surface area contributed by atoms with Crippen LogP contribution in [0.3, 0.4) is 0 Å². The van der Waals surface area contributed by atoms with Gasteiger partial charge in [0.25, 0.3) is 0 Å². The minimum atomic E-state index is -0.661. The molecule has 20 heavy (non-hydrogen) atoms. The van der Waals surface area contributed by atoms with Crippen molar-refractivity contribution in [3.05, 3.63) is 17.7 Å². The third-order valence-corrected chi connectivity index (χ3v) is 1.96. The van der Waals surface area contributed by atoms with Crippen molar-refractivity contribution >= 4 is 24.2 Å². The molecule has 0 amide bonds. The van der Waals surface area contributed by atoms with Gasteiger partial charge in [0.05, 0.1) is 5.56 Å². The average Bonchev–Trinajstić information content (AvgIpc) is 2.30. The highest BCUT2D eigenvalue weighted by atomic mass is 16.6. The van der Waals surface area contributed by atoms with Crippen molar-refractivity contribution in [1.82, 2.24) is 0 Å². The number of aldehydes is 1. The predicted octanol–water partition coefficient (Wildman–Crippen LogP) is 1.27. The molecule has 0 aliphatic carbocycles. The maximum Gasteiger partial charge on any atom is 0.308 e. The molecule has 7 nitrogen and oxygen atoms in total. The summed E-state index contributed by atoms with van der Waals surface area (Å²) in [6.07, 6.45) is 0.419. The number of hydrogen-bond donors (Lipinski definition) is 0. The Labute approximate surface area is 114 Å². The Hall–Kier alpha value is -2.70. The summed E-state index contributed by atoms with van der Waals surface area (Å²) >= 11 is 0. The van der Waals surface area contributed by atoms with Crippen LogP contribution >= 0.6 is 0 Å². The highest BCUT2D eigenvalue weighted by Crippen LogP contribution is 2.34. The van der Waals surface area contributed by atoms with E-state index in [1.807, 2.05) is 0 Å². The SMILES string of the molecule is CC(=O)Oc1cc(OC(C)=O)c(OC(C)=O)cc1C=O. The maximum absolute atomic E-state index is 11.0. The van der Waals surface area contributed by atoms with Crippen LogP contribution in [0.2, 0.25) is 0 Å². The van der Waals surface area contributed by atoms with Crippen LogP contribution in [0.5, 0.6) is 17.2 Å². The van der Waals surface area contributed by atoms with E-state index in [4.69, 9.17) is 14.2 Å². The van der Waals surface area contributed by atoms with Gasteiger partial charge in [-0.15, -0.1) is 0 Å². The first kappa shape index (κ1) is 15.4. The first-order valence-corrected chi connectivity index (χ1v) is 5.52. The zero-order valence-corrected chi connectivity index (χ0v) is 11.1. The minimum absolute atomic E-state index is 0.0210. The molecule has 0 atom stereocenters. The molecule has 0 N–H and O–H groups in total. The predicted molar refractivity (Wildman–Crippen MR) is 65.8 cm³/mol. The third-order valence-electron chi connectivity index (χ3n) is 1.96. The molecule has 0 aliphatic heterocycles. The summed E-state index contributed by atoms with van der Waals surface area (Å²) in [4.78, 5) is 43.9. The van der Waals surface area contributed by atoms with Gasteiger partial charge >= 0.3 is 17.9 Å². The van der Waals surface area contributed by atoms with E-state index in [1.165, 1.54) is 0 Å². The normalized spacial score (nSPS) is 9.55. The monoisotopic (exact) mass is 280 g/mol. The maximum atomic E-state index is 11.0. The molecule has 0 bridgehead atoms. The van der Waals surface area contributed by atoms with Crippen molar-refractivity contribution in [1.29, 1.82) is 0 Å². The lowest BCUT2D eigenvalue weighted by molar-refractivity contribution is -0.134. The fourth-order valence-corrected chi connectivity index (χ4v) is 1.36. The van der Waals surface area contributed by atoms with Crippen molar-refractivity contribution in [2.45, 2.75) is 20.8 Å². The number of esters is 3. The summed E-state index contributed by atoms with van der Waals surface area (Å²) in [6.45, 7) is 3.45. The number of carbonyl (C=O) groups is 4. The quantitative estimate of drug-likeness (QED) is 0.465. The first-order chi connectivity index (χ1) is 9.33. The second-order valence-electron chi connectivity index (χ2n) is 3.74. The van der Waals surface area contributed by atoms with Crippen LogP contribution in [0.4, 0.5) is 0 Å². The van der Waals surface area contributed by atoms with E-state index < -0.39 is 17.9 Å². The van der Waals surface area contributed by atoms with Gasteiger partial charge < -0.3 is 14.2 Å². The fourth-order valence-electron chi connectivity index (χ4n) is 1.36. The molecule has 106 valence electrons. The smallest absolute Gasteiger partial charge is 0.308 e. The van der Waals surface area contributed by atoms with E-state index in [9.17, 15) is 19.2 Å². The second-order valence-corrected chi connectivity index (χ2v) is 3.74. The lowest BCUT2D eigenvalue weighted by atomic mass is 10.2. The van der Waals surface area contributed by atoms with Crippen molar-refractivity contribution < 1.29 is 33.4 Å². The molecule has 1 aromatic carbocycles. The van der Waals surface area contributed by atoms with E-state index in [0.29, 0.717) is 6.29 Å². The molecule has 0 aliphatic rings. The van der Waals surface area contributed by atoms with E-state index in [1.54, 1.807) is 0 Å². The molecule has 7 heteroatoms. The van der Waals surface area contributed by atoms with Gasteiger partial charge in [0.15, 0.2) is 17.8 Å². The number of ether oxygens (including phenoxy) is 3. The van der Waals surface area contributed by atoms with Gasteiger partial charge in [0.2, 0.25) is 0 Å². The van der Waals surface area contributed by atoms with Gasteiger partial charge in [-0.3, -0.25) is 19.2 Å². The van der Waals surface area contributed by atoms with Gasteiger partial charge in [-0.25, -0.2) is 0 Å². The molecule has 0 saturated carbocycles. The Morgan fingerprint density at radius 1 is 0.800 bits per heavy atom. The summed E-state index contributed by atoms with van der Waals surface area (Å²) < 4.78 is 14.5. The molecule has 1 rings (SSSR count). The number of carbonyl (C=O) groups excluding carboxylic acids is 4. The molecule has 0 aromatic heterocycles. The summed E-state index contributed by atoms with van der Waals surface area (Å²) in [6, 6.07) is 2.27. The average molecular weight is 280 g/mol. The van der Waals surface area contributed by atoms with Crippen molar-refractivity contribution in [3.63, 3.8) is 0 Å². The molecule has 0 heterocycles. The van der Waals surface area contributed by atoms with Gasteiger partial charge in [0, 0.05) is 26.8 Å². The number of rotatable bonds is 4. The van der Waals surface area contributed by atoms with Crippen LogP contribution in [0, 0.1) is 0 Å². The van der Waals surface area contributed by atoms with Crippen LogP contribution in [-0.2, 0) is 14.4 Å². The summed E-state index contributed by atoms with van der Waals surface area (Å²) in [5, 5.41) is 0. The van der Waals surface area contributed by atoms with Crippen LogP contribution in [-0.4, -0.2) is 24.2 Å². The van der Waals surface area contributed by atoms with Gasteiger partial charge in [-0.1, -0.05) is 0 Å². The highest BCUT2D eigenvalue weighted by molar-refractivity contribution is 5.85. The number of benzene rings is 1. The zero-order chi connectivity index (χ0) is 15.3. The molecule has 0 radical (unpaired) electrons. The Morgan fingerprint density at radius 3 is 1.60 bits per heavy atom.